The third kappa shape index (κ3) is 5.21. The molecule has 1 unspecified atom stereocenters. The predicted octanol–water partition coefficient (Wildman–Crippen LogP) is 12.0. The Morgan fingerprint density at radius 1 is 0.429 bits per heavy atom. The van der Waals surface area contributed by atoms with E-state index in [1.165, 1.54) is 43.4 Å². The van der Waals surface area contributed by atoms with Crippen molar-refractivity contribution in [3.63, 3.8) is 0 Å². The van der Waals surface area contributed by atoms with Crippen LogP contribution in [0.25, 0.3) is 82.9 Å². The van der Waals surface area contributed by atoms with Gasteiger partial charge in [-0.25, -0.2) is 15.0 Å². The molecule has 0 saturated carbocycles. The van der Waals surface area contributed by atoms with E-state index in [-0.39, 0.29) is 0 Å². The summed E-state index contributed by atoms with van der Waals surface area (Å²) in [5, 5.41) is 7.68. The molecule has 0 saturated heterocycles. The van der Waals surface area contributed by atoms with Gasteiger partial charge in [-0.15, -0.1) is 0 Å². The molecule has 1 aliphatic carbocycles. The van der Waals surface area contributed by atoms with Gasteiger partial charge < -0.3 is 0 Å². The van der Waals surface area contributed by atoms with Gasteiger partial charge in [0.2, 0.25) is 0 Å². The van der Waals surface area contributed by atoms with Crippen LogP contribution < -0.4 is 0 Å². The van der Waals surface area contributed by atoms with Crippen molar-refractivity contribution in [2.24, 2.45) is 5.92 Å². The topological polar surface area (TPSA) is 38.7 Å². The van der Waals surface area contributed by atoms with Crippen molar-refractivity contribution in [1.82, 2.24) is 15.0 Å². The zero-order chi connectivity index (χ0) is 32.7. The molecule has 232 valence electrons. The summed E-state index contributed by atoms with van der Waals surface area (Å²) in [7, 11) is 0. The molecule has 1 atom stereocenters. The van der Waals surface area contributed by atoms with Gasteiger partial charge in [0.05, 0.1) is 0 Å². The van der Waals surface area contributed by atoms with Gasteiger partial charge >= 0.3 is 0 Å². The summed E-state index contributed by atoms with van der Waals surface area (Å²) in [6.07, 6.45) is 7.43. The Kier molecular flexibility index (Phi) is 7.17. The molecule has 1 aromatic heterocycles. The summed E-state index contributed by atoms with van der Waals surface area (Å²) < 4.78 is 0. The van der Waals surface area contributed by atoms with Crippen molar-refractivity contribution in [1.29, 1.82) is 0 Å². The minimum absolute atomic E-state index is 0.327. The molecule has 8 aromatic rings. The van der Waals surface area contributed by atoms with E-state index in [9.17, 15) is 0 Å². The van der Waals surface area contributed by atoms with Gasteiger partial charge in [0, 0.05) is 16.7 Å². The zero-order valence-electron chi connectivity index (χ0n) is 27.2. The SMILES string of the molecule is CC1CC=CC=C1c1nc(-c2ccccc2)nc(-c2ccccc2-c2cccc(-c3ccc4c5ccccc5c5ccccc5c4c3)c2)n1. The van der Waals surface area contributed by atoms with Gasteiger partial charge in [0.15, 0.2) is 17.5 Å². The van der Waals surface area contributed by atoms with Crippen LogP contribution in [0.3, 0.4) is 0 Å². The van der Waals surface area contributed by atoms with Gasteiger partial charge in [-0.05, 0) is 79.0 Å². The van der Waals surface area contributed by atoms with Crippen molar-refractivity contribution < 1.29 is 0 Å². The summed E-state index contributed by atoms with van der Waals surface area (Å²) in [5.41, 5.74) is 7.66. The second-order valence-corrected chi connectivity index (χ2v) is 12.8. The number of hydrogen-bond acceptors (Lipinski definition) is 3. The number of nitrogens with zero attached hydrogens (tertiary/aromatic N) is 3. The van der Waals surface area contributed by atoms with Crippen LogP contribution in [0.15, 0.2) is 164 Å². The smallest absolute Gasteiger partial charge is 0.164 e. The molecule has 3 heteroatoms. The van der Waals surface area contributed by atoms with Gasteiger partial charge in [-0.1, -0.05) is 159 Å². The van der Waals surface area contributed by atoms with E-state index < -0.39 is 0 Å². The van der Waals surface area contributed by atoms with Crippen LogP contribution in [0.4, 0.5) is 0 Å². The lowest BCUT2D eigenvalue weighted by Crippen LogP contribution is -2.08. The fourth-order valence-corrected chi connectivity index (χ4v) is 7.27. The molecule has 3 nitrogen and oxygen atoms in total. The third-order valence-electron chi connectivity index (χ3n) is 9.78. The average Bonchev–Trinajstić information content (AvgIpc) is 3.18. The normalized spacial score (nSPS) is 14.4. The number of fused-ring (bicyclic) bond motifs is 6. The quantitative estimate of drug-likeness (QED) is 0.178. The van der Waals surface area contributed by atoms with Crippen LogP contribution in [0.5, 0.6) is 0 Å². The largest absolute Gasteiger partial charge is 0.209 e. The summed E-state index contributed by atoms with van der Waals surface area (Å²) >= 11 is 0. The van der Waals surface area contributed by atoms with Crippen molar-refractivity contribution in [3.05, 3.63) is 170 Å². The lowest BCUT2D eigenvalue weighted by Gasteiger charge is -2.18. The maximum absolute atomic E-state index is 5.13. The molecule has 49 heavy (non-hydrogen) atoms. The highest BCUT2D eigenvalue weighted by atomic mass is 15.0. The Bertz CT molecular complexity index is 2560. The second kappa shape index (κ2) is 12.1. The molecule has 0 bridgehead atoms. The molecule has 0 N–H and O–H groups in total. The highest BCUT2D eigenvalue weighted by Crippen LogP contribution is 2.39. The molecular formula is C46H33N3. The minimum Gasteiger partial charge on any atom is -0.209 e. The molecule has 0 radical (unpaired) electrons. The minimum atomic E-state index is 0.327. The Labute approximate surface area is 286 Å². The average molecular weight is 628 g/mol. The molecule has 0 spiro atoms. The van der Waals surface area contributed by atoms with Crippen LogP contribution in [0.1, 0.15) is 19.2 Å². The summed E-state index contributed by atoms with van der Waals surface area (Å²) in [5.74, 6) is 2.42. The van der Waals surface area contributed by atoms with E-state index in [1.54, 1.807) is 0 Å². The van der Waals surface area contributed by atoms with Gasteiger partial charge in [-0.3, -0.25) is 0 Å². The van der Waals surface area contributed by atoms with Crippen LogP contribution in [-0.4, -0.2) is 15.0 Å². The predicted molar refractivity (Wildman–Crippen MR) is 205 cm³/mol. The Balaban J connectivity index is 1.19. The fraction of sp³-hybridized carbons (Fsp3) is 0.0652. The Morgan fingerprint density at radius 2 is 0.980 bits per heavy atom. The number of aromatic nitrogens is 3. The fourth-order valence-electron chi connectivity index (χ4n) is 7.27. The lowest BCUT2D eigenvalue weighted by atomic mass is 9.91. The third-order valence-corrected chi connectivity index (χ3v) is 9.78. The van der Waals surface area contributed by atoms with E-state index in [2.05, 4.69) is 153 Å². The first-order valence-corrected chi connectivity index (χ1v) is 16.9. The van der Waals surface area contributed by atoms with E-state index in [4.69, 9.17) is 15.0 Å². The van der Waals surface area contributed by atoms with Crippen LogP contribution in [0.2, 0.25) is 0 Å². The van der Waals surface area contributed by atoms with Crippen molar-refractivity contribution >= 4 is 37.9 Å². The molecule has 9 rings (SSSR count). The summed E-state index contributed by atoms with van der Waals surface area (Å²) in [6.45, 7) is 2.23. The summed E-state index contributed by atoms with van der Waals surface area (Å²) in [6, 6.07) is 51.9. The van der Waals surface area contributed by atoms with Crippen LogP contribution >= 0.6 is 0 Å². The van der Waals surface area contributed by atoms with Crippen molar-refractivity contribution in [2.45, 2.75) is 13.3 Å². The van der Waals surface area contributed by atoms with Gasteiger partial charge in [0.25, 0.3) is 0 Å². The van der Waals surface area contributed by atoms with Crippen molar-refractivity contribution in [2.75, 3.05) is 0 Å². The molecule has 1 heterocycles. The van der Waals surface area contributed by atoms with Crippen LogP contribution in [-0.2, 0) is 0 Å². The van der Waals surface area contributed by atoms with Gasteiger partial charge in [0.1, 0.15) is 0 Å². The molecule has 1 aliphatic rings. The van der Waals surface area contributed by atoms with E-state index >= 15 is 0 Å². The maximum Gasteiger partial charge on any atom is 0.164 e. The Morgan fingerprint density at radius 3 is 1.71 bits per heavy atom. The Hall–Kier alpha value is -6.19. The van der Waals surface area contributed by atoms with Crippen LogP contribution in [0, 0.1) is 5.92 Å². The first kappa shape index (κ1) is 29.0. The maximum atomic E-state index is 5.13. The summed E-state index contributed by atoms with van der Waals surface area (Å²) in [4.78, 5) is 15.2. The van der Waals surface area contributed by atoms with E-state index in [0.29, 0.717) is 17.6 Å². The molecule has 0 amide bonds. The zero-order valence-corrected chi connectivity index (χ0v) is 27.2. The molecular weight excluding hydrogens is 595 g/mol. The highest BCUT2D eigenvalue weighted by molar-refractivity contribution is 6.25. The molecule has 0 aliphatic heterocycles. The number of allylic oxidation sites excluding steroid dienone is 4. The number of benzene rings is 7. The molecule has 7 aromatic carbocycles. The lowest BCUT2D eigenvalue weighted by molar-refractivity contribution is 0.747. The first-order chi connectivity index (χ1) is 24.2. The number of rotatable bonds is 5. The first-order valence-electron chi connectivity index (χ1n) is 16.9. The van der Waals surface area contributed by atoms with E-state index in [1.807, 2.05) is 18.2 Å². The number of hydrogen-bond donors (Lipinski definition) is 0. The van der Waals surface area contributed by atoms with Gasteiger partial charge in [-0.2, -0.15) is 0 Å². The molecule has 0 fully saturated rings. The van der Waals surface area contributed by atoms with Crippen molar-refractivity contribution in [3.8, 4) is 45.0 Å². The monoisotopic (exact) mass is 627 g/mol. The van der Waals surface area contributed by atoms with E-state index in [0.717, 1.165) is 40.1 Å². The second-order valence-electron chi connectivity index (χ2n) is 12.8. The highest BCUT2D eigenvalue weighted by Gasteiger charge is 2.20. The standard InChI is InChI=1S/C46H33N3/c1-30-14-5-6-19-35(30)45-47-44(31-15-3-2-4-16-31)48-46(49-45)42-25-12-7-20-36(42)34-18-13-17-32(28-34)33-26-27-41-39-23-9-8-21-37(39)38-22-10-11-24-40(38)43(41)29-33/h2-13,15-30H,14H2,1H3.